The molecule has 5 heteroatoms. The van der Waals surface area contributed by atoms with Gasteiger partial charge < -0.3 is 9.47 Å². The molecule has 1 spiro atoms. The zero-order valence-electron chi connectivity index (χ0n) is 14.6. The highest BCUT2D eigenvalue weighted by atomic mass is 32.1. The van der Waals surface area contributed by atoms with Crippen LogP contribution in [0, 0.1) is 5.41 Å². The van der Waals surface area contributed by atoms with Crippen molar-refractivity contribution in [3.63, 3.8) is 0 Å². The van der Waals surface area contributed by atoms with Gasteiger partial charge in [0.2, 0.25) is 0 Å². The number of ether oxygens (including phenoxy) is 2. The molecule has 4 nitrogen and oxygen atoms in total. The van der Waals surface area contributed by atoms with Gasteiger partial charge in [-0.1, -0.05) is 6.07 Å². The van der Waals surface area contributed by atoms with Crippen molar-refractivity contribution < 1.29 is 9.47 Å². The molecule has 0 unspecified atom stereocenters. The lowest BCUT2D eigenvalue weighted by Gasteiger charge is -2.38. The van der Waals surface area contributed by atoms with Gasteiger partial charge in [0, 0.05) is 18.9 Å². The summed E-state index contributed by atoms with van der Waals surface area (Å²) >= 11 is 1.79. The monoisotopic (exact) mass is 358 g/mol. The van der Waals surface area contributed by atoms with Crippen molar-refractivity contribution >= 4 is 11.3 Å². The minimum Gasteiger partial charge on any atom is -0.375 e. The molecule has 2 aliphatic rings. The smallest absolute Gasteiger partial charge is 0.0815 e. The predicted molar refractivity (Wildman–Crippen MR) is 99.5 cm³/mol. The quantitative estimate of drug-likeness (QED) is 0.788. The second-order valence-electron chi connectivity index (χ2n) is 7.42. The summed E-state index contributed by atoms with van der Waals surface area (Å²) < 4.78 is 11.9. The summed E-state index contributed by atoms with van der Waals surface area (Å²) in [6, 6.07) is 6.24. The van der Waals surface area contributed by atoms with E-state index >= 15 is 0 Å². The van der Waals surface area contributed by atoms with E-state index in [1.807, 2.05) is 18.3 Å². The van der Waals surface area contributed by atoms with E-state index in [0.717, 1.165) is 25.1 Å². The molecule has 0 saturated carbocycles. The number of nitrogens with zero attached hydrogens (tertiary/aromatic N) is 2. The molecular formula is C20H26N2O2S. The minimum absolute atomic E-state index is 0.250. The van der Waals surface area contributed by atoms with Crippen LogP contribution in [-0.4, -0.2) is 42.3 Å². The number of thiophene rings is 1. The molecule has 1 atom stereocenters. The Hall–Kier alpha value is -1.27. The molecule has 0 aromatic carbocycles. The van der Waals surface area contributed by atoms with Crippen LogP contribution in [0.4, 0.5) is 0 Å². The lowest BCUT2D eigenvalue weighted by atomic mass is 9.76. The van der Waals surface area contributed by atoms with Crippen molar-refractivity contribution in [2.24, 2.45) is 5.41 Å². The Bertz CT molecular complexity index is 639. The zero-order valence-corrected chi connectivity index (χ0v) is 15.4. The number of hydrogen-bond acceptors (Lipinski definition) is 5. The van der Waals surface area contributed by atoms with Crippen LogP contribution in [0.2, 0.25) is 0 Å². The van der Waals surface area contributed by atoms with Crippen LogP contribution >= 0.6 is 11.3 Å². The maximum Gasteiger partial charge on any atom is 0.0815 e. The lowest BCUT2D eigenvalue weighted by Crippen LogP contribution is -2.40. The van der Waals surface area contributed by atoms with Crippen molar-refractivity contribution in [3.05, 3.63) is 52.5 Å². The first-order valence-corrected chi connectivity index (χ1v) is 10.1. The molecule has 0 amide bonds. The van der Waals surface area contributed by atoms with E-state index in [1.165, 1.54) is 31.5 Å². The molecule has 0 bridgehead atoms. The lowest BCUT2D eigenvalue weighted by molar-refractivity contribution is 0.00628. The van der Waals surface area contributed by atoms with Crippen LogP contribution in [0.1, 0.15) is 30.4 Å². The Morgan fingerprint density at radius 1 is 1.28 bits per heavy atom. The molecule has 2 aliphatic heterocycles. The number of rotatable bonds is 6. The van der Waals surface area contributed by atoms with E-state index in [2.05, 4.69) is 26.7 Å². The normalized spacial score (nSPS) is 23.3. The Balaban J connectivity index is 1.20. The van der Waals surface area contributed by atoms with Gasteiger partial charge in [0.25, 0.3) is 0 Å². The number of hydrogen-bond donors (Lipinski definition) is 0. The number of piperidine rings is 1. The van der Waals surface area contributed by atoms with Crippen molar-refractivity contribution in [1.82, 2.24) is 9.88 Å². The average molecular weight is 359 g/mol. The van der Waals surface area contributed by atoms with Crippen LogP contribution in [0.5, 0.6) is 0 Å². The van der Waals surface area contributed by atoms with Gasteiger partial charge in [-0.25, -0.2) is 0 Å². The average Bonchev–Trinajstić information content (AvgIpc) is 3.29. The Morgan fingerprint density at radius 2 is 2.20 bits per heavy atom. The van der Waals surface area contributed by atoms with Gasteiger partial charge in [-0.05, 0) is 71.8 Å². The highest BCUT2D eigenvalue weighted by molar-refractivity contribution is 7.07. The molecule has 4 heterocycles. The molecular weight excluding hydrogens is 332 g/mol. The number of likely N-dealkylation sites (tertiary alicyclic amines) is 1. The summed E-state index contributed by atoms with van der Waals surface area (Å²) in [6.45, 7) is 5.67. The Kier molecular flexibility index (Phi) is 5.46. The van der Waals surface area contributed by atoms with Gasteiger partial charge in [-0.2, -0.15) is 11.3 Å². The summed E-state index contributed by atoms with van der Waals surface area (Å²) in [4.78, 5) is 6.70. The second-order valence-corrected chi connectivity index (χ2v) is 8.20. The third kappa shape index (κ3) is 4.47. The molecule has 25 heavy (non-hydrogen) atoms. The number of aromatic nitrogens is 1. The highest BCUT2D eigenvalue weighted by Crippen LogP contribution is 2.42. The van der Waals surface area contributed by atoms with Gasteiger partial charge >= 0.3 is 0 Å². The molecule has 2 fully saturated rings. The van der Waals surface area contributed by atoms with Crippen molar-refractivity contribution in [2.45, 2.75) is 38.5 Å². The minimum atomic E-state index is 0.250. The standard InChI is InChI=1S/C20H26N2O2S/c1-2-17(11-21-6-1)13-23-14-19-10-20(16-24-19)4-7-22(8-5-20)12-18-3-9-25-15-18/h1-3,6,9,11,15,19H,4-5,7-8,10,12-14,16H2/t19-/m1/s1. The molecule has 4 rings (SSSR count). The van der Waals surface area contributed by atoms with Crippen LogP contribution in [-0.2, 0) is 22.6 Å². The van der Waals surface area contributed by atoms with E-state index < -0.39 is 0 Å². The van der Waals surface area contributed by atoms with Crippen molar-refractivity contribution in [2.75, 3.05) is 26.3 Å². The fourth-order valence-corrected chi connectivity index (χ4v) is 4.63. The summed E-state index contributed by atoms with van der Waals surface area (Å²) in [6.07, 6.45) is 7.54. The maximum absolute atomic E-state index is 6.07. The summed E-state index contributed by atoms with van der Waals surface area (Å²) in [7, 11) is 0. The first-order valence-electron chi connectivity index (χ1n) is 9.13. The Morgan fingerprint density at radius 3 is 2.96 bits per heavy atom. The molecule has 0 aliphatic carbocycles. The third-order valence-electron chi connectivity index (χ3n) is 5.48. The maximum atomic E-state index is 6.07. The second kappa shape index (κ2) is 7.96. The highest BCUT2D eigenvalue weighted by Gasteiger charge is 2.42. The van der Waals surface area contributed by atoms with E-state index in [-0.39, 0.29) is 6.10 Å². The largest absolute Gasteiger partial charge is 0.375 e. The summed E-state index contributed by atoms with van der Waals surface area (Å²) in [5.74, 6) is 0. The van der Waals surface area contributed by atoms with E-state index in [4.69, 9.17) is 9.47 Å². The molecule has 2 aromatic heterocycles. The van der Waals surface area contributed by atoms with Crippen LogP contribution in [0.25, 0.3) is 0 Å². The predicted octanol–water partition coefficient (Wildman–Crippen LogP) is 3.73. The molecule has 134 valence electrons. The van der Waals surface area contributed by atoms with Gasteiger partial charge in [0.1, 0.15) is 0 Å². The summed E-state index contributed by atoms with van der Waals surface area (Å²) in [5.41, 5.74) is 2.95. The zero-order chi connectivity index (χ0) is 17.0. The van der Waals surface area contributed by atoms with E-state index in [9.17, 15) is 0 Å². The van der Waals surface area contributed by atoms with Gasteiger partial charge in [0.15, 0.2) is 0 Å². The first kappa shape index (κ1) is 17.2. The third-order valence-corrected chi connectivity index (χ3v) is 6.22. The number of pyridine rings is 1. The van der Waals surface area contributed by atoms with Gasteiger partial charge in [-0.3, -0.25) is 9.88 Å². The van der Waals surface area contributed by atoms with E-state index in [0.29, 0.717) is 18.6 Å². The summed E-state index contributed by atoms with van der Waals surface area (Å²) in [5, 5.41) is 4.43. The fourth-order valence-electron chi connectivity index (χ4n) is 3.97. The van der Waals surface area contributed by atoms with Crippen LogP contribution < -0.4 is 0 Å². The first-order chi connectivity index (χ1) is 12.3. The Labute approximate surface area is 153 Å². The van der Waals surface area contributed by atoms with Crippen LogP contribution in [0.3, 0.4) is 0 Å². The van der Waals surface area contributed by atoms with Crippen molar-refractivity contribution in [3.8, 4) is 0 Å². The van der Waals surface area contributed by atoms with Crippen molar-refractivity contribution in [1.29, 1.82) is 0 Å². The van der Waals surface area contributed by atoms with Gasteiger partial charge in [0.05, 0.1) is 25.9 Å². The van der Waals surface area contributed by atoms with Crippen LogP contribution in [0.15, 0.2) is 41.4 Å². The fraction of sp³-hybridized carbons (Fsp3) is 0.550. The molecule has 2 saturated heterocycles. The van der Waals surface area contributed by atoms with Gasteiger partial charge in [-0.15, -0.1) is 0 Å². The molecule has 2 aromatic rings. The SMILES string of the molecule is c1cncc(COC[C@H]2CC3(CCN(Cc4ccsc4)CC3)CO2)c1. The molecule has 0 N–H and O–H groups in total. The van der Waals surface area contributed by atoms with E-state index in [1.54, 1.807) is 17.5 Å². The topological polar surface area (TPSA) is 34.6 Å². The molecule has 0 radical (unpaired) electrons.